The number of nitrogens with zero attached hydrogens (tertiary/aromatic N) is 3. The standard InChI is InChI=1S/C7H11F2N5/c8-5(9)6-11-7(13-12-6)14-2-1-4(10)3-14/h4-5H,1-3,10H2,(H,11,12,13). The second-order valence-electron chi connectivity index (χ2n) is 3.32. The van der Waals surface area contributed by atoms with Crippen LogP contribution in [0, 0.1) is 0 Å². The molecule has 2 heterocycles. The van der Waals surface area contributed by atoms with Gasteiger partial charge in [0.15, 0.2) is 5.82 Å². The molecule has 5 nitrogen and oxygen atoms in total. The molecule has 3 N–H and O–H groups in total. The van der Waals surface area contributed by atoms with E-state index >= 15 is 0 Å². The van der Waals surface area contributed by atoms with Gasteiger partial charge in [-0.25, -0.2) is 8.78 Å². The molecule has 1 unspecified atom stereocenters. The third-order valence-corrected chi connectivity index (χ3v) is 2.21. The summed E-state index contributed by atoms with van der Waals surface area (Å²) < 4.78 is 24.3. The van der Waals surface area contributed by atoms with Crippen LogP contribution >= 0.6 is 0 Å². The fraction of sp³-hybridized carbons (Fsp3) is 0.714. The highest BCUT2D eigenvalue weighted by molar-refractivity contribution is 5.31. The summed E-state index contributed by atoms with van der Waals surface area (Å²) in [6.07, 6.45) is -1.76. The Hall–Kier alpha value is -1.24. The van der Waals surface area contributed by atoms with Crippen LogP contribution in [-0.4, -0.2) is 34.3 Å². The largest absolute Gasteiger partial charge is 0.338 e. The minimum Gasteiger partial charge on any atom is -0.338 e. The van der Waals surface area contributed by atoms with Crippen LogP contribution < -0.4 is 10.6 Å². The smallest absolute Gasteiger partial charge is 0.296 e. The lowest BCUT2D eigenvalue weighted by molar-refractivity contribution is 0.141. The molecule has 0 bridgehead atoms. The third kappa shape index (κ3) is 1.67. The molecular formula is C7H11F2N5. The van der Waals surface area contributed by atoms with Crippen LogP contribution in [0.4, 0.5) is 14.7 Å². The monoisotopic (exact) mass is 203 g/mol. The van der Waals surface area contributed by atoms with Crippen molar-refractivity contribution in [3.63, 3.8) is 0 Å². The van der Waals surface area contributed by atoms with Gasteiger partial charge in [0.1, 0.15) is 0 Å². The second kappa shape index (κ2) is 3.49. The lowest BCUT2D eigenvalue weighted by atomic mass is 10.3. The molecule has 7 heteroatoms. The fourth-order valence-corrected chi connectivity index (χ4v) is 1.47. The summed E-state index contributed by atoms with van der Waals surface area (Å²) in [7, 11) is 0. The van der Waals surface area contributed by atoms with Crippen LogP contribution in [0.15, 0.2) is 0 Å². The number of nitrogens with two attached hydrogens (primary N) is 1. The zero-order valence-corrected chi connectivity index (χ0v) is 7.45. The first-order valence-corrected chi connectivity index (χ1v) is 4.38. The zero-order chi connectivity index (χ0) is 10.1. The Kier molecular flexibility index (Phi) is 2.32. The Morgan fingerprint density at radius 3 is 2.86 bits per heavy atom. The summed E-state index contributed by atoms with van der Waals surface area (Å²) in [5, 5.41) is 5.91. The van der Waals surface area contributed by atoms with Gasteiger partial charge in [0.25, 0.3) is 6.43 Å². The number of alkyl halides is 2. The summed E-state index contributed by atoms with van der Waals surface area (Å²) in [5.74, 6) is -0.0753. The van der Waals surface area contributed by atoms with E-state index in [1.54, 1.807) is 4.90 Å². The molecule has 0 spiro atoms. The van der Waals surface area contributed by atoms with E-state index in [2.05, 4.69) is 15.2 Å². The number of anilines is 1. The normalized spacial score (nSPS) is 22.3. The van der Waals surface area contributed by atoms with E-state index in [4.69, 9.17) is 5.73 Å². The van der Waals surface area contributed by atoms with Gasteiger partial charge >= 0.3 is 0 Å². The molecule has 14 heavy (non-hydrogen) atoms. The Balaban J connectivity index is 2.09. The summed E-state index contributed by atoms with van der Waals surface area (Å²) >= 11 is 0. The summed E-state index contributed by atoms with van der Waals surface area (Å²) in [5.41, 5.74) is 5.67. The minimum absolute atomic E-state index is 0.0866. The van der Waals surface area contributed by atoms with Crippen molar-refractivity contribution in [2.45, 2.75) is 18.9 Å². The maximum Gasteiger partial charge on any atom is 0.296 e. The first-order valence-electron chi connectivity index (χ1n) is 4.38. The maximum absolute atomic E-state index is 12.2. The van der Waals surface area contributed by atoms with Gasteiger partial charge in [0.05, 0.1) is 0 Å². The van der Waals surface area contributed by atoms with Crippen molar-refractivity contribution in [2.75, 3.05) is 18.0 Å². The van der Waals surface area contributed by atoms with Gasteiger partial charge in [-0.2, -0.15) is 4.98 Å². The van der Waals surface area contributed by atoms with Gasteiger partial charge in [-0.05, 0) is 6.42 Å². The predicted molar refractivity (Wildman–Crippen MR) is 46.1 cm³/mol. The predicted octanol–water partition coefficient (Wildman–Crippen LogP) is 0.280. The lowest BCUT2D eigenvalue weighted by Gasteiger charge is -2.11. The van der Waals surface area contributed by atoms with E-state index in [0.29, 0.717) is 12.5 Å². The maximum atomic E-state index is 12.2. The van der Waals surface area contributed by atoms with Crippen molar-refractivity contribution in [1.29, 1.82) is 0 Å². The molecular weight excluding hydrogens is 192 g/mol. The Morgan fingerprint density at radius 2 is 2.36 bits per heavy atom. The first kappa shape index (κ1) is 9.32. The molecule has 0 aromatic carbocycles. The van der Waals surface area contributed by atoms with Crippen LogP contribution in [-0.2, 0) is 0 Å². The molecule has 0 saturated carbocycles. The molecule has 1 saturated heterocycles. The van der Waals surface area contributed by atoms with Gasteiger partial charge in [-0.1, -0.05) is 0 Å². The SMILES string of the molecule is NC1CCN(c2n[nH]c(C(F)F)n2)C1. The molecule has 78 valence electrons. The van der Waals surface area contributed by atoms with Crippen molar-refractivity contribution >= 4 is 5.95 Å². The average Bonchev–Trinajstić information content (AvgIpc) is 2.70. The number of nitrogens with one attached hydrogen (secondary N) is 1. The molecule has 1 aromatic rings. The Labute approximate surface area is 79.3 Å². The van der Waals surface area contributed by atoms with Crippen LogP contribution in [0.2, 0.25) is 0 Å². The van der Waals surface area contributed by atoms with E-state index in [1.807, 2.05) is 0 Å². The van der Waals surface area contributed by atoms with Crippen molar-refractivity contribution in [2.24, 2.45) is 5.73 Å². The molecule has 1 fully saturated rings. The van der Waals surface area contributed by atoms with Gasteiger partial charge in [0.2, 0.25) is 5.95 Å². The van der Waals surface area contributed by atoms with Crippen molar-refractivity contribution < 1.29 is 8.78 Å². The van der Waals surface area contributed by atoms with Crippen LogP contribution in [0.3, 0.4) is 0 Å². The van der Waals surface area contributed by atoms with Crippen LogP contribution in [0.25, 0.3) is 0 Å². The zero-order valence-electron chi connectivity index (χ0n) is 7.45. The summed E-state index contributed by atoms with van der Waals surface area (Å²) in [6, 6.07) is 0.0866. The van der Waals surface area contributed by atoms with Gasteiger partial charge in [0, 0.05) is 19.1 Å². The fourth-order valence-electron chi connectivity index (χ4n) is 1.47. The quantitative estimate of drug-likeness (QED) is 0.724. The van der Waals surface area contributed by atoms with Crippen molar-refractivity contribution in [1.82, 2.24) is 15.2 Å². The second-order valence-corrected chi connectivity index (χ2v) is 3.32. The number of halogens is 2. The van der Waals surface area contributed by atoms with Gasteiger partial charge in [-0.15, -0.1) is 5.10 Å². The van der Waals surface area contributed by atoms with Crippen molar-refractivity contribution in [3.05, 3.63) is 5.82 Å². The molecule has 0 aliphatic carbocycles. The molecule has 2 rings (SSSR count). The lowest BCUT2D eigenvalue weighted by Crippen LogP contribution is -2.27. The van der Waals surface area contributed by atoms with Crippen molar-refractivity contribution in [3.8, 4) is 0 Å². The number of aromatic amines is 1. The van der Waals surface area contributed by atoms with E-state index in [0.717, 1.165) is 13.0 Å². The van der Waals surface area contributed by atoms with Gasteiger partial charge < -0.3 is 10.6 Å². The summed E-state index contributed by atoms with van der Waals surface area (Å²) in [4.78, 5) is 5.48. The third-order valence-electron chi connectivity index (χ3n) is 2.21. The van der Waals surface area contributed by atoms with E-state index in [9.17, 15) is 8.78 Å². The number of aromatic nitrogens is 3. The minimum atomic E-state index is -2.60. The number of hydrogen-bond donors (Lipinski definition) is 2. The van der Waals surface area contributed by atoms with Crippen LogP contribution in [0.5, 0.6) is 0 Å². The highest BCUT2D eigenvalue weighted by atomic mass is 19.3. The Morgan fingerprint density at radius 1 is 1.57 bits per heavy atom. The molecule has 1 aromatic heterocycles. The average molecular weight is 203 g/mol. The van der Waals surface area contributed by atoms with Gasteiger partial charge in [-0.3, -0.25) is 5.10 Å². The molecule has 1 aliphatic rings. The van der Waals surface area contributed by atoms with Crippen LogP contribution in [0.1, 0.15) is 18.7 Å². The van der Waals surface area contributed by atoms with E-state index < -0.39 is 6.43 Å². The Bertz CT molecular complexity index is 313. The molecule has 1 atom stereocenters. The molecule has 1 aliphatic heterocycles. The number of rotatable bonds is 2. The number of H-pyrrole nitrogens is 1. The van der Waals surface area contributed by atoms with E-state index in [-0.39, 0.29) is 11.9 Å². The number of hydrogen-bond acceptors (Lipinski definition) is 4. The topological polar surface area (TPSA) is 70.8 Å². The summed E-state index contributed by atoms with van der Waals surface area (Å²) in [6.45, 7) is 1.35. The highest BCUT2D eigenvalue weighted by Crippen LogP contribution is 2.19. The highest BCUT2D eigenvalue weighted by Gasteiger charge is 2.23. The molecule has 0 amide bonds. The molecule has 0 radical (unpaired) electrons. The van der Waals surface area contributed by atoms with E-state index in [1.165, 1.54) is 0 Å². The first-order chi connectivity index (χ1) is 6.66.